The second-order valence-electron chi connectivity index (χ2n) is 6.78. The zero-order valence-electron chi connectivity index (χ0n) is 14.6. The maximum Gasteiger partial charge on any atom is 0.239 e. The summed E-state index contributed by atoms with van der Waals surface area (Å²) in [5.74, 6) is 0.459. The highest BCUT2D eigenvalue weighted by Crippen LogP contribution is 2.25. The molecule has 7 heteroatoms. The summed E-state index contributed by atoms with van der Waals surface area (Å²) in [6.07, 6.45) is 7.64. The normalized spacial score (nSPS) is 19.3. The third-order valence-electron chi connectivity index (χ3n) is 4.83. The molecule has 2 fully saturated rings. The van der Waals surface area contributed by atoms with Crippen LogP contribution in [0.5, 0.6) is 0 Å². The van der Waals surface area contributed by atoms with Gasteiger partial charge in [0.05, 0.1) is 6.54 Å². The van der Waals surface area contributed by atoms with Crippen LogP contribution in [-0.4, -0.2) is 62.5 Å². The van der Waals surface area contributed by atoms with Crippen LogP contribution in [0, 0.1) is 5.92 Å². The number of carbonyl (C=O) groups excluding carboxylic acids is 2. The third-order valence-corrected chi connectivity index (χ3v) is 4.83. The van der Waals surface area contributed by atoms with E-state index in [4.69, 9.17) is 0 Å². The van der Waals surface area contributed by atoms with E-state index in [0.29, 0.717) is 18.9 Å². The Kier molecular flexibility index (Phi) is 11.0. The number of halogens is 1. The lowest BCUT2D eigenvalue weighted by Crippen LogP contribution is -2.44. The van der Waals surface area contributed by atoms with E-state index in [-0.39, 0.29) is 30.8 Å². The van der Waals surface area contributed by atoms with Gasteiger partial charge in [-0.05, 0) is 31.7 Å². The van der Waals surface area contributed by atoms with Crippen molar-refractivity contribution in [2.75, 3.05) is 45.8 Å². The Morgan fingerprint density at radius 3 is 2.42 bits per heavy atom. The van der Waals surface area contributed by atoms with Crippen LogP contribution in [0.25, 0.3) is 0 Å². The molecule has 0 unspecified atom stereocenters. The Balaban J connectivity index is 0.00000288. The number of carbonyl (C=O) groups is 2. The highest BCUT2D eigenvalue weighted by molar-refractivity contribution is 5.85. The first kappa shape index (κ1) is 21.2. The van der Waals surface area contributed by atoms with Crippen LogP contribution in [0.1, 0.15) is 44.9 Å². The maximum absolute atomic E-state index is 11.8. The average Bonchev–Trinajstić information content (AvgIpc) is 2.59. The molecule has 24 heavy (non-hydrogen) atoms. The molecule has 1 saturated carbocycles. The number of amides is 2. The second kappa shape index (κ2) is 12.5. The zero-order chi connectivity index (χ0) is 16.3. The fourth-order valence-electron chi connectivity index (χ4n) is 3.43. The SMILES string of the molecule is Cl.O=C(CNC(=O)CC1CCCCC1)NCCCN1CCNCC1. The quantitative estimate of drug-likeness (QED) is 0.562. The van der Waals surface area contributed by atoms with Crippen molar-refractivity contribution in [3.63, 3.8) is 0 Å². The van der Waals surface area contributed by atoms with E-state index < -0.39 is 0 Å². The van der Waals surface area contributed by atoms with Gasteiger partial charge in [0.15, 0.2) is 0 Å². The van der Waals surface area contributed by atoms with Crippen molar-refractivity contribution in [1.82, 2.24) is 20.9 Å². The topological polar surface area (TPSA) is 73.5 Å². The highest BCUT2D eigenvalue weighted by atomic mass is 35.5. The van der Waals surface area contributed by atoms with Gasteiger partial charge in [0.25, 0.3) is 0 Å². The molecule has 1 heterocycles. The van der Waals surface area contributed by atoms with Crippen molar-refractivity contribution in [3.05, 3.63) is 0 Å². The summed E-state index contributed by atoms with van der Waals surface area (Å²) in [6, 6.07) is 0. The lowest BCUT2D eigenvalue weighted by molar-refractivity contribution is -0.126. The fraction of sp³-hybridized carbons (Fsp3) is 0.882. The van der Waals surface area contributed by atoms with Crippen LogP contribution in [-0.2, 0) is 9.59 Å². The van der Waals surface area contributed by atoms with Gasteiger partial charge in [0, 0.05) is 39.1 Å². The van der Waals surface area contributed by atoms with Gasteiger partial charge >= 0.3 is 0 Å². The molecule has 1 aliphatic carbocycles. The molecule has 2 aliphatic rings. The maximum atomic E-state index is 11.8. The molecule has 0 spiro atoms. The summed E-state index contributed by atoms with van der Waals surface area (Å²) < 4.78 is 0. The minimum Gasteiger partial charge on any atom is -0.355 e. The molecule has 1 aliphatic heterocycles. The van der Waals surface area contributed by atoms with Crippen molar-refractivity contribution in [2.24, 2.45) is 5.92 Å². The van der Waals surface area contributed by atoms with Gasteiger partial charge < -0.3 is 20.9 Å². The Bertz CT molecular complexity index is 370. The molecule has 0 aromatic rings. The van der Waals surface area contributed by atoms with Crippen LogP contribution in [0.4, 0.5) is 0 Å². The number of hydrogen-bond acceptors (Lipinski definition) is 4. The molecule has 6 nitrogen and oxygen atoms in total. The first-order valence-corrected chi connectivity index (χ1v) is 9.20. The van der Waals surface area contributed by atoms with Gasteiger partial charge in [-0.25, -0.2) is 0 Å². The Morgan fingerprint density at radius 1 is 1.00 bits per heavy atom. The van der Waals surface area contributed by atoms with Gasteiger partial charge in [-0.15, -0.1) is 12.4 Å². The van der Waals surface area contributed by atoms with E-state index in [0.717, 1.165) is 52.0 Å². The van der Waals surface area contributed by atoms with E-state index in [1.807, 2.05) is 0 Å². The molecular formula is C17H33ClN4O2. The van der Waals surface area contributed by atoms with E-state index in [1.54, 1.807) is 0 Å². The molecule has 1 saturated heterocycles. The number of nitrogens with zero attached hydrogens (tertiary/aromatic N) is 1. The summed E-state index contributed by atoms with van der Waals surface area (Å²) in [5, 5.41) is 8.96. The zero-order valence-corrected chi connectivity index (χ0v) is 15.5. The number of piperazine rings is 1. The average molecular weight is 361 g/mol. The highest BCUT2D eigenvalue weighted by Gasteiger charge is 2.17. The summed E-state index contributed by atoms with van der Waals surface area (Å²) in [5.41, 5.74) is 0. The van der Waals surface area contributed by atoms with Gasteiger partial charge in [0.2, 0.25) is 11.8 Å². The van der Waals surface area contributed by atoms with Crippen molar-refractivity contribution in [2.45, 2.75) is 44.9 Å². The van der Waals surface area contributed by atoms with Crippen LogP contribution >= 0.6 is 12.4 Å². The van der Waals surface area contributed by atoms with Crippen LogP contribution in [0.3, 0.4) is 0 Å². The largest absolute Gasteiger partial charge is 0.355 e. The fourth-order valence-corrected chi connectivity index (χ4v) is 3.43. The van der Waals surface area contributed by atoms with Crippen LogP contribution in [0.15, 0.2) is 0 Å². The van der Waals surface area contributed by atoms with Crippen molar-refractivity contribution >= 4 is 24.2 Å². The predicted octanol–water partition coefficient (Wildman–Crippen LogP) is 0.906. The van der Waals surface area contributed by atoms with E-state index in [1.165, 1.54) is 19.3 Å². The minimum atomic E-state index is -0.0812. The summed E-state index contributed by atoms with van der Waals surface area (Å²) in [6.45, 7) is 6.10. The smallest absolute Gasteiger partial charge is 0.239 e. The van der Waals surface area contributed by atoms with E-state index in [2.05, 4.69) is 20.9 Å². The van der Waals surface area contributed by atoms with Crippen molar-refractivity contribution < 1.29 is 9.59 Å². The molecular weight excluding hydrogens is 328 g/mol. The molecule has 0 atom stereocenters. The van der Waals surface area contributed by atoms with E-state index >= 15 is 0 Å². The first-order valence-electron chi connectivity index (χ1n) is 9.20. The Hall–Kier alpha value is -0.850. The first-order chi connectivity index (χ1) is 11.2. The molecule has 0 aromatic heterocycles. The van der Waals surface area contributed by atoms with Crippen LogP contribution < -0.4 is 16.0 Å². The Labute approximate surface area is 151 Å². The van der Waals surface area contributed by atoms with Gasteiger partial charge in [-0.3, -0.25) is 9.59 Å². The lowest BCUT2D eigenvalue weighted by Gasteiger charge is -2.27. The van der Waals surface area contributed by atoms with Gasteiger partial charge in [0.1, 0.15) is 0 Å². The summed E-state index contributed by atoms with van der Waals surface area (Å²) >= 11 is 0. The Morgan fingerprint density at radius 2 is 1.71 bits per heavy atom. The van der Waals surface area contributed by atoms with Crippen molar-refractivity contribution in [1.29, 1.82) is 0 Å². The van der Waals surface area contributed by atoms with E-state index in [9.17, 15) is 9.59 Å². The van der Waals surface area contributed by atoms with Gasteiger partial charge in [-0.1, -0.05) is 19.3 Å². The lowest BCUT2D eigenvalue weighted by atomic mass is 9.87. The molecule has 0 aromatic carbocycles. The molecule has 140 valence electrons. The molecule has 3 N–H and O–H groups in total. The minimum absolute atomic E-state index is 0. The number of nitrogens with one attached hydrogen (secondary N) is 3. The van der Waals surface area contributed by atoms with Crippen molar-refractivity contribution in [3.8, 4) is 0 Å². The molecule has 0 bridgehead atoms. The standard InChI is InChI=1S/C17H32N4O2.ClH/c22-16(13-15-5-2-1-3-6-15)20-14-17(23)19-7-4-10-21-11-8-18-9-12-21;/h15,18H,1-14H2,(H,19,23)(H,20,22);1H. The molecule has 2 amide bonds. The molecule has 2 rings (SSSR count). The van der Waals surface area contributed by atoms with Gasteiger partial charge in [-0.2, -0.15) is 0 Å². The second-order valence-corrected chi connectivity index (χ2v) is 6.78. The number of hydrogen-bond donors (Lipinski definition) is 3. The monoisotopic (exact) mass is 360 g/mol. The van der Waals surface area contributed by atoms with Crippen LogP contribution in [0.2, 0.25) is 0 Å². The molecule has 0 radical (unpaired) electrons. The number of rotatable bonds is 8. The summed E-state index contributed by atoms with van der Waals surface area (Å²) in [7, 11) is 0. The summed E-state index contributed by atoms with van der Waals surface area (Å²) in [4.78, 5) is 26.0. The third kappa shape index (κ3) is 8.85. The predicted molar refractivity (Wildman–Crippen MR) is 98.4 cm³/mol.